The molecule has 0 aromatic heterocycles. The lowest BCUT2D eigenvalue weighted by molar-refractivity contribution is -0.127. The molecule has 1 aromatic carbocycles. The topological polar surface area (TPSA) is 32.8 Å². The van der Waals surface area contributed by atoms with Crippen molar-refractivity contribution in [3.05, 3.63) is 35.9 Å². The molecule has 0 atom stereocenters. The number of carbonyl (C=O) groups is 1. The molecule has 1 amide bonds. The van der Waals surface area contributed by atoms with Gasteiger partial charge in [-0.05, 0) is 30.8 Å². The number of nitrogens with zero attached hydrogens (tertiary/aromatic N) is 2. The smallest absolute Gasteiger partial charge is 0.246 e. The van der Waals surface area contributed by atoms with Gasteiger partial charge in [0, 0.05) is 32.3 Å². The van der Waals surface area contributed by atoms with Gasteiger partial charge in [0.1, 0.15) is 5.75 Å². The Labute approximate surface area is 114 Å². The second-order valence-electron chi connectivity index (χ2n) is 4.74. The van der Waals surface area contributed by atoms with Gasteiger partial charge in [0.15, 0.2) is 0 Å². The fourth-order valence-electron chi connectivity index (χ4n) is 2.04. The number of piperazine rings is 1. The van der Waals surface area contributed by atoms with E-state index in [0.717, 1.165) is 37.5 Å². The third-order valence-electron chi connectivity index (χ3n) is 3.33. The zero-order valence-corrected chi connectivity index (χ0v) is 11.5. The second kappa shape index (κ2) is 6.38. The first-order valence-electron chi connectivity index (χ1n) is 6.48. The minimum absolute atomic E-state index is 0.0796. The van der Waals surface area contributed by atoms with Crippen LogP contribution in [0.5, 0.6) is 5.75 Å². The molecular weight excluding hydrogens is 240 g/mol. The monoisotopic (exact) mass is 260 g/mol. The van der Waals surface area contributed by atoms with Crippen molar-refractivity contribution in [1.29, 1.82) is 0 Å². The van der Waals surface area contributed by atoms with E-state index >= 15 is 0 Å². The van der Waals surface area contributed by atoms with E-state index in [1.165, 1.54) is 0 Å². The molecular formula is C15H20N2O2. The van der Waals surface area contributed by atoms with Crippen LogP contribution in [0.2, 0.25) is 0 Å². The largest absolute Gasteiger partial charge is 0.497 e. The van der Waals surface area contributed by atoms with Crippen LogP contribution in [0.1, 0.15) is 5.56 Å². The molecule has 0 spiro atoms. The molecule has 1 heterocycles. The van der Waals surface area contributed by atoms with Crippen LogP contribution < -0.4 is 4.74 Å². The van der Waals surface area contributed by atoms with E-state index < -0.39 is 0 Å². The van der Waals surface area contributed by atoms with Crippen molar-refractivity contribution in [2.45, 2.75) is 0 Å². The number of carbonyl (C=O) groups excluding carboxylic acids is 1. The van der Waals surface area contributed by atoms with Crippen molar-refractivity contribution >= 4 is 12.0 Å². The Kier molecular flexibility index (Phi) is 4.58. The van der Waals surface area contributed by atoms with Crippen LogP contribution in [0.3, 0.4) is 0 Å². The molecule has 0 aliphatic carbocycles. The summed E-state index contributed by atoms with van der Waals surface area (Å²) in [5.74, 6) is 0.880. The summed E-state index contributed by atoms with van der Waals surface area (Å²) in [6.45, 7) is 3.49. The van der Waals surface area contributed by atoms with Crippen LogP contribution in [0, 0.1) is 0 Å². The van der Waals surface area contributed by atoms with Crippen molar-refractivity contribution in [2.24, 2.45) is 0 Å². The molecule has 0 bridgehead atoms. The SMILES string of the molecule is COc1cccc(/C=C/C(=O)N2CCN(C)CC2)c1. The third-order valence-corrected chi connectivity index (χ3v) is 3.33. The van der Waals surface area contributed by atoms with Gasteiger partial charge in [-0.2, -0.15) is 0 Å². The molecule has 1 saturated heterocycles. The van der Waals surface area contributed by atoms with Crippen molar-refractivity contribution < 1.29 is 9.53 Å². The van der Waals surface area contributed by atoms with Gasteiger partial charge < -0.3 is 14.5 Å². The van der Waals surface area contributed by atoms with Crippen LogP contribution in [-0.2, 0) is 4.79 Å². The number of rotatable bonds is 3. The van der Waals surface area contributed by atoms with Crippen molar-refractivity contribution in [3.8, 4) is 5.75 Å². The zero-order valence-electron chi connectivity index (χ0n) is 11.5. The van der Waals surface area contributed by atoms with Crippen LogP contribution in [0.4, 0.5) is 0 Å². The van der Waals surface area contributed by atoms with E-state index in [1.54, 1.807) is 13.2 Å². The first-order chi connectivity index (χ1) is 9.19. The van der Waals surface area contributed by atoms with E-state index in [0.29, 0.717) is 0 Å². The summed E-state index contributed by atoms with van der Waals surface area (Å²) in [7, 11) is 3.71. The summed E-state index contributed by atoms with van der Waals surface area (Å²) in [6, 6.07) is 7.67. The molecule has 4 nitrogen and oxygen atoms in total. The van der Waals surface area contributed by atoms with Gasteiger partial charge >= 0.3 is 0 Å². The van der Waals surface area contributed by atoms with Gasteiger partial charge in [-0.1, -0.05) is 12.1 Å². The van der Waals surface area contributed by atoms with Crippen LogP contribution in [0.25, 0.3) is 6.08 Å². The molecule has 1 fully saturated rings. The van der Waals surface area contributed by atoms with Crippen LogP contribution in [-0.4, -0.2) is 56.0 Å². The normalized spacial score (nSPS) is 16.8. The average molecular weight is 260 g/mol. The Morgan fingerprint density at radius 2 is 2.00 bits per heavy atom. The summed E-state index contributed by atoms with van der Waals surface area (Å²) in [4.78, 5) is 16.1. The highest BCUT2D eigenvalue weighted by molar-refractivity contribution is 5.91. The number of methoxy groups -OCH3 is 1. The lowest BCUT2D eigenvalue weighted by Crippen LogP contribution is -2.46. The zero-order chi connectivity index (χ0) is 13.7. The number of ether oxygens (including phenoxy) is 1. The van der Waals surface area contributed by atoms with Gasteiger partial charge in [-0.15, -0.1) is 0 Å². The summed E-state index contributed by atoms with van der Waals surface area (Å²) >= 11 is 0. The summed E-state index contributed by atoms with van der Waals surface area (Å²) in [5.41, 5.74) is 0.974. The first kappa shape index (κ1) is 13.6. The molecule has 0 unspecified atom stereocenters. The summed E-state index contributed by atoms with van der Waals surface area (Å²) < 4.78 is 5.16. The van der Waals surface area contributed by atoms with Gasteiger partial charge in [0.05, 0.1) is 7.11 Å². The molecule has 4 heteroatoms. The summed E-state index contributed by atoms with van der Waals surface area (Å²) in [5, 5.41) is 0. The first-order valence-corrected chi connectivity index (χ1v) is 6.48. The van der Waals surface area contributed by atoms with E-state index in [2.05, 4.69) is 11.9 Å². The standard InChI is InChI=1S/C15H20N2O2/c1-16-8-10-17(11-9-16)15(18)7-6-13-4-3-5-14(12-13)19-2/h3-7,12H,8-11H2,1-2H3/b7-6+. The van der Waals surface area contributed by atoms with E-state index in [-0.39, 0.29) is 5.91 Å². The highest BCUT2D eigenvalue weighted by Gasteiger charge is 2.16. The number of hydrogen-bond donors (Lipinski definition) is 0. The maximum Gasteiger partial charge on any atom is 0.246 e. The van der Waals surface area contributed by atoms with Gasteiger partial charge in [0.2, 0.25) is 5.91 Å². The second-order valence-corrected chi connectivity index (χ2v) is 4.74. The molecule has 0 N–H and O–H groups in total. The fraction of sp³-hybridized carbons (Fsp3) is 0.400. The van der Waals surface area contributed by atoms with Crippen LogP contribution >= 0.6 is 0 Å². The minimum Gasteiger partial charge on any atom is -0.497 e. The predicted molar refractivity (Wildman–Crippen MR) is 76.1 cm³/mol. The quantitative estimate of drug-likeness (QED) is 0.772. The molecule has 0 saturated carbocycles. The van der Waals surface area contributed by atoms with Gasteiger partial charge in [0.25, 0.3) is 0 Å². The molecule has 2 rings (SSSR count). The molecule has 1 aliphatic heterocycles. The molecule has 0 radical (unpaired) electrons. The van der Waals surface area contributed by atoms with E-state index in [9.17, 15) is 4.79 Å². The van der Waals surface area contributed by atoms with E-state index in [1.807, 2.05) is 35.2 Å². The minimum atomic E-state index is 0.0796. The molecule has 19 heavy (non-hydrogen) atoms. The third kappa shape index (κ3) is 3.83. The maximum atomic E-state index is 12.0. The highest BCUT2D eigenvalue weighted by Crippen LogP contribution is 2.13. The number of amides is 1. The Hall–Kier alpha value is -1.81. The number of benzene rings is 1. The Balaban J connectivity index is 1.95. The fourth-order valence-corrected chi connectivity index (χ4v) is 2.04. The average Bonchev–Trinajstić information content (AvgIpc) is 2.46. The molecule has 1 aromatic rings. The summed E-state index contributed by atoms with van der Waals surface area (Å²) in [6.07, 6.45) is 3.48. The van der Waals surface area contributed by atoms with Crippen molar-refractivity contribution in [3.63, 3.8) is 0 Å². The lowest BCUT2D eigenvalue weighted by atomic mass is 10.2. The Morgan fingerprint density at radius 1 is 1.26 bits per heavy atom. The van der Waals surface area contributed by atoms with Crippen molar-refractivity contribution in [1.82, 2.24) is 9.80 Å². The van der Waals surface area contributed by atoms with E-state index in [4.69, 9.17) is 4.74 Å². The Bertz CT molecular complexity index is 463. The van der Waals surface area contributed by atoms with Gasteiger partial charge in [-0.3, -0.25) is 4.79 Å². The predicted octanol–water partition coefficient (Wildman–Crippen LogP) is 1.48. The molecule has 1 aliphatic rings. The van der Waals surface area contributed by atoms with Crippen LogP contribution in [0.15, 0.2) is 30.3 Å². The molecule has 102 valence electrons. The van der Waals surface area contributed by atoms with Gasteiger partial charge in [-0.25, -0.2) is 0 Å². The highest BCUT2D eigenvalue weighted by atomic mass is 16.5. The Morgan fingerprint density at radius 3 is 2.68 bits per heavy atom. The number of likely N-dealkylation sites (N-methyl/N-ethyl adjacent to an activating group) is 1. The number of hydrogen-bond acceptors (Lipinski definition) is 3. The lowest BCUT2D eigenvalue weighted by Gasteiger charge is -2.31. The van der Waals surface area contributed by atoms with Crippen molar-refractivity contribution in [2.75, 3.05) is 40.3 Å². The maximum absolute atomic E-state index is 12.0.